The fourth-order valence-electron chi connectivity index (χ4n) is 4.99. The summed E-state index contributed by atoms with van der Waals surface area (Å²) in [7, 11) is 0. The van der Waals surface area contributed by atoms with Crippen LogP contribution in [-0.2, 0) is 19.0 Å². The molecule has 0 aromatic carbocycles. The summed E-state index contributed by atoms with van der Waals surface area (Å²) < 4.78 is 17.4. The molecule has 1 saturated carbocycles. The number of hydrogen-bond donors (Lipinski definition) is 0. The Morgan fingerprint density at radius 2 is 1.97 bits per heavy atom. The number of aromatic nitrogens is 1. The molecular formula is C24H31ClN4O4S. The second-order valence-corrected chi connectivity index (χ2v) is 10.2. The molecule has 1 atom stereocenters. The minimum atomic E-state index is -0.788. The van der Waals surface area contributed by atoms with E-state index in [0.29, 0.717) is 24.0 Å². The van der Waals surface area contributed by atoms with Crippen LogP contribution in [0.5, 0.6) is 0 Å². The highest BCUT2D eigenvalue weighted by atomic mass is 35.5. The van der Waals surface area contributed by atoms with Crippen molar-refractivity contribution in [1.82, 2.24) is 9.88 Å². The molecule has 1 amide bonds. The number of nitriles is 1. The zero-order valence-corrected chi connectivity index (χ0v) is 21.2. The van der Waals surface area contributed by atoms with Crippen LogP contribution in [0.25, 0.3) is 0 Å². The second-order valence-electron chi connectivity index (χ2n) is 9.46. The van der Waals surface area contributed by atoms with Crippen molar-refractivity contribution in [2.75, 3.05) is 24.7 Å². The number of anilines is 1. The van der Waals surface area contributed by atoms with E-state index in [0.717, 1.165) is 51.6 Å². The van der Waals surface area contributed by atoms with Crippen molar-refractivity contribution in [1.29, 1.82) is 5.26 Å². The molecule has 0 bridgehead atoms. The summed E-state index contributed by atoms with van der Waals surface area (Å²) in [6.45, 7) is 5.67. The maximum Gasteiger partial charge on any atom is 0.258 e. The van der Waals surface area contributed by atoms with Crippen molar-refractivity contribution in [3.8, 4) is 6.07 Å². The number of amides is 1. The zero-order chi connectivity index (χ0) is 24.3. The van der Waals surface area contributed by atoms with E-state index < -0.39 is 5.54 Å². The molecule has 1 aromatic rings. The maximum absolute atomic E-state index is 13.3. The summed E-state index contributed by atoms with van der Waals surface area (Å²) in [6, 6.07) is 3.65. The van der Waals surface area contributed by atoms with Gasteiger partial charge in [0.15, 0.2) is 17.1 Å². The van der Waals surface area contributed by atoms with Gasteiger partial charge in [-0.3, -0.25) is 9.69 Å². The topological polar surface area (TPSA) is 87.9 Å². The molecule has 10 heteroatoms. The van der Waals surface area contributed by atoms with Crippen LogP contribution in [0.4, 0.5) is 5.69 Å². The number of rotatable bonds is 7. The smallest absolute Gasteiger partial charge is 0.258 e. The van der Waals surface area contributed by atoms with Gasteiger partial charge in [-0.25, -0.2) is 4.98 Å². The van der Waals surface area contributed by atoms with E-state index in [1.807, 2.05) is 19.9 Å². The van der Waals surface area contributed by atoms with Crippen molar-refractivity contribution in [2.45, 2.75) is 82.8 Å². The predicted octanol–water partition coefficient (Wildman–Crippen LogP) is 4.19. The number of ether oxygens (including phenoxy) is 3. The first-order chi connectivity index (χ1) is 16.3. The van der Waals surface area contributed by atoms with E-state index in [2.05, 4.69) is 9.88 Å². The van der Waals surface area contributed by atoms with Crippen molar-refractivity contribution >= 4 is 40.5 Å². The largest absolute Gasteiger partial charge is 0.376 e. The first kappa shape index (κ1) is 25.3. The van der Waals surface area contributed by atoms with Crippen LogP contribution in [0.2, 0.25) is 5.02 Å². The fraction of sp³-hybridized carbons (Fsp3) is 0.667. The Morgan fingerprint density at radius 3 is 2.62 bits per heavy atom. The van der Waals surface area contributed by atoms with Gasteiger partial charge in [0.25, 0.3) is 5.91 Å². The summed E-state index contributed by atoms with van der Waals surface area (Å²) in [4.78, 5) is 20.9. The lowest BCUT2D eigenvalue weighted by Crippen LogP contribution is -2.51. The van der Waals surface area contributed by atoms with Gasteiger partial charge in [0.1, 0.15) is 11.6 Å². The second kappa shape index (κ2) is 10.8. The molecule has 0 radical (unpaired) electrons. The van der Waals surface area contributed by atoms with Crippen LogP contribution in [0.15, 0.2) is 12.3 Å². The number of pyridine rings is 1. The summed E-state index contributed by atoms with van der Waals surface area (Å²) in [5.41, 5.74) is -0.188. The predicted molar refractivity (Wildman–Crippen MR) is 132 cm³/mol. The number of carbonyl (C=O) groups excluding carboxylic acids is 1. The van der Waals surface area contributed by atoms with E-state index >= 15 is 0 Å². The minimum absolute atomic E-state index is 0.0897. The molecule has 3 aliphatic rings. The van der Waals surface area contributed by atoms with Crippen LogP contribution < -0.4 is 4.90 Å². The van der Waals surface area contributed by atoms with Gasteiger partial charge in [0, 0.05) is 12.6 Å². The minimum Gasteiger partial charge on any atom is -0.376 e. The van der Waals surface area contributed by atoms with Gasteiger partial charge >= 0.3 is 0 Å². The molecule has 8 nitrogen and oxygen atoms in total. The number of halogens is 1. The van der Waals surface area contributed by atoms with E-state index in [-0.39, 0.29) is 35.1 Å². The molecule has 34 heavy (non-hydrogen) atoms. The first-order valence-corrected chi connectivity index (χ1v) is 12.7. The molecule has 0 spiro atoms. The number of thiocarbonyl (C=S) groups is 1. The Balaban J connectivity index is 1.32. The van der Waals surface area contributed by atoms with Crippen LogP contribution in [0.1, 0.15) is 64.5 Å². The average Bonchev–Trinajstić information content (AvgIpc) is 3.01. The molecule has 3 heterocycles. The third-order valence-corrected chi connectivity index (χ3v) is 7.47. The van der Waals surface area contributed by atoms with Gasteiger partial charge in [0.2, 0.25) is 0 Å². The summed E-state index contributed by atoms with van der Waals surface area (Å²) in [5.74, 6) is -0.125. The highest BCUT2D eigenvalue weighted by Gasteiger charge is 2.52. The number of hydrogen-bond acceptors (Lipinski definition) is 7. The molecule has 4 rings (SSSR count). The molecule has 2 aliphatic heterocycles. The molecule has 184 valence electrons. The fourth-order valence-corrected chi connectivity index (χ4v) is 5.76. The Kier molecular flexibility index (Phi) is 8.05. The van der Waals surface area contributed by atoms with Gasteiger partial charge in [-0.2, -0.15) is 5.26 Å². The summed E-state index contributed by atoms with van der Waals surface area (Å²) >= 11 is 11.9. The lowest BCUT2D eigenvalue weighted by molar-refractivity contribution is -0.172. The van der Waals surface area contributed by atoms with Gasteiger partial charge in [0.05, 0.1) is 36.2 Å². The first-order valence-electron chi connectivity index (χ1n) is 11.9. The molecule has 3 fully saturated rings. The van der Waals surface area contributed by atoms with Gasteiger partial charge < -0.3 is 19.1 Å². The highest BCUT2D eigenvalue weighted by Crippen LogP contribution is 2.38. The third kappa shape index (κ3) is 5.21. The van der Waals surface area contributed by atoms with Crippen LogP contribution in [0.3, 0.4) is 0 Å². The van der Waals surface area contributed by atoms with Crippen molar-refractivity contribution < 1.29 is 19.0 Å². The normalized spacial score (nSPS) is 27.2. The third-order valence-electron chi connectivity index (χ3n) is 6.80. The molecule has 1 aromatic heterocycles. The Morgan fingerprint density at radius 1 is 1.24 bits per heavy atom. The van der Waals surface area contributed by atoms with Gasteiger partial charge in [-0.15, -0.1) is 0 Å². The number of carbonyl (C=O) groups is 1. The number of nitrogens with zero attached hydrogens (tertiary/aromatic N) is 4. The Labute approximate surface area is 211 Å². The maximum atomic E-state index is 13.3. The monoisotopic (exact) mass is 506 g/mol. The Bertz CT molecular complexity index is 955. The Hall–Kier alpha value is -1.83. The average molecular weight is 507 g/mol. The van der Waals surface area contributed by atoms with Crippen molar-refractivity contribution in [3.63, 3.8) is 0 Å². The van der Waals surface area contributed by atoms with Gasteiger partial charge in [-0.1, -0.05) is 11.6 Å². The quantitative estimate of drug-likeness (QED) is 0.402. The molecule has 1 aliphatic carbocycles. The van der Waals surface area contributed by atoms with Crippen molar-refractivity contribution in [2.24, 2.45) is 0 Å². The van der Waals surface area contributed by atoms with Crippen LogP contribution >= 0.6 is 23.8 Å². The lowest BCUT2D eigenvalue weighted by atomic mass is 9.89. The van der Waals surface area contributed by atoms with Crippen LogP contribution in [-0.4, -0.2) is 64.7 Å². The van der Waals surface area contributed by atoms with Gasteiger partial charge in [-0.05, 0) is 77.1 Å². The molecule has 0 N–H and O–H groups in total. The lowest BCUT2D eigenvalue weighted by Gasteiger charge is -2.40. The molecular weight excluding hydrogens is 476 g/mol. The molecule has 1 unspecified atom stereocenters. The van der Waals surface area contributed by atoms with E-state index in [1.165, 1.54) is 11.1 Å². The SMILES string of the molecule is CC1(C)C(=O)N(c2cnc(C#N)c(Cl)c2)C(=S)N1C1CCC(OCCOC2CCCCO2)CC1. The van der Waals surface area contributed by atoms with E-state index in [1.54, 1.807) is 6.07 Å². The summed E-state index contributed by atoms with van der Waals surface area (Å²) in [5, 5.41) is 9.73. The van der Waals surface area contributed by atoms with E-state index in [4.69, 9.17) is 43.3 Å². The van der Waals surface area contributed by atoms with E-state index in [9.17, 15) is 4.79 Å². The van der Waals surface area contributed by atoms with Crippen molar-refractivity contribution in [3.05, 3.63) is 23.0 Å². The van der Waals surface area contributed by atoms with Crippen LogP contribution in [0, 0.1) is 11.3 Å². The standard InChI is InChI=1S/C24H31ClN4O4S/c1-24(2)22(30)28(17-13-19(25)20(14-26)27-15-17)23(34)29(24)16-6-8-18(9-7-16)31-11-12-33-21-5-3-4-10-32-21/h13,15-16,18,21H,3-12H2,1-2H3. The molecule has 2 saturated heterocycles. The highest BCUT2D eigenvalue weighted by molar-refractivity contribution is 7.80. The zero-order valence-electron chi connectivity index (χ0n) is 19.7. The summed E-state index contributed by atoms with van der Waals surface area (Å²) in [6.07, 6.45) is 8.35.